The summed E-state index contributed by atoms with van der Waals surface area (Å²) in [6.07, 6.45) is 1.05. The van der Waals surface area contributed by atoms with Crippen LogP contribution in [-0.2, 0) is 11.2 Å². The fourth-order valence-electron chi connectivity index (χ4n) is 1.88. The minimum Gasteiger partial charge on any atom is -0.370 e. The summed E-state index contributed by atoms with van der Waals surface area (Å²) in [5, 5.41) is 1.11. The molecule has 0 aliphatic carbocycles. The van der Waals surface area contributed by atoms with Crippen molar-refractivity contribution in [2.75, 3.05) is 0 Å². The number of hydrogen-bond acceptors (Lipinski definition) is 2. The summed E-state index contributed by atoms with van der Waals surface area (Å²) in [5.74, 6) is -0.266. The van der Waals surface area contributed by atoms with Gasteiger partial charge in [0.1, 0.15) is 0 Å². The van der Waals surface area contributed by atoms with Crippen molar-refractivity contribution in [2.45, 2.75) is 19.8 Å². The number of amides is 1. The van der Waals surface area contributed by atoms with E-state index in [2.05, 4.69) is 33.6 Å². The molecule has 4 heteroatoms. The largest absolute Gasteiger partial charge is 0.370 e. The smallest absolute Gasteiger partial charge is 0.217 e. The van der Waals surface area contributed by atoms with E-state index < -0.39 is 0 Å². The molecule has 1 aromatic carbocycles. The summed E-state index contributed by atoms with van der Waals surface area (Å²) in [4.78, 5) is 15.4. The van der Waals surface area contributed by atoms with Gasteiger partial charge in [-0.2, -0.15) is 0 Å². The van der Waals surface area contributed by atoms with E-state index in [0.717, 1.165) is 22.2 Å². The number of carbonyl (C=O) groups is 1. The van der Waals surface area contributed by atoms with Crippen molar-refractivity contribution >= 4 is 39.4 Å². The van der Waals surface area contributed by atoms with Gasteiger partial charge in [0.2, 0.25) is 5.91 Å². The Labute approximate surface area is 114 Å². The maximum Gasteiger partial charge on any atom is 0.217 e. The van der Waals surface area contributed by atoms with E-state index in [1.807, 2.05) is 25.1 Å². The third-order valence-corrected chi connectivity index (χ3v) is 3.30. The van der Waals surface area contributed by atoms with E-state index in [1.54, 1.807) is 0 Å². The zero-order valence-electron chi connectivity index (χ0n) is 9.53. The standard InChI is InChI=1S/C13H13IN2O/c1-8-6-9(2-5-13(15)17)11-7-10(14)3-4-12(11)16-8/h3-4,6-7H,2,5H2,1H3,(H2,15,17). The second-order valence-corrected chi connectivity index (χ2v) is 5.30. The van der Waals surface area contributed by atoms with Crippen molar-refractivity contribution in [1.29, 1.82) is 0 Å². The minimum atomic E-state index is -0.266. The lowest BCUT2D eigenvalue weighted by atomic mass is 10.0. The minimum absolute atomic E-state index is 0.266. The Hall–Kier alpha value is -1.17. The summed E-state index contributed by atoms with van der Waals surface area (Å²) >= 11 is 2.28. The summed E-state index contributed by atoms with van der Waals surface area (Å²) in [5.41, 5.74) is 8.29. The first kappa shape index (κ1) is 12.3. The Morgan fingerprint density at radius 2 is 2.18 bits per heavy atom. The zero-order valence-corrected chi connectivity index (χ0v) is 11.7. The van der Waals surface area contributed by atoms with E-state index in [9.17, 15) is 4.79 Å². The average Bonchev–Trinajstić information content (AvgIpc) is 2.26. The SMILES string of the molecule is Cc1cc(CCC(N)=O)c2cc(I)ccc2n1. The molecule has 1 aromatic heterocycles. The lowest BCUT2D eigenvalue weighted by Crippen LogP contribution is -2.11. The number of aromatic nitrogens is 1. The lowest BCUT2D eigenvalue weighted by molar-refractivity contribution is -0.117. The maximum atomic E-state index is 10.9. The molecule has 0 fully saturated rings. The van der Waals surface area contributed by atoms with Crippen LogP contribution < -0.4 is 5.73 Å². The number of aryl methyl sites for hydroxylation is 2. The summed E-state index contributed by atoms with van der Waals surface area (Å²) < 4.78 is 1.17. The van der Waals surface area contributed by atoms with Crippen LogP contribution in [0.2, 0.25) is 0 Å². The molecule has 0 atom stereocenters. The van der Waals surface area contributed by atoms with Crippen molar-refractivity contribution in [2.24, 2.45) is 5.73 Å². The highest BCUT2D eigenvalue weighted by Crippen LogP contribution is 2.22. The van der Waals surface area contributed by atoms with Gasteiger partial charge in [0.15, 0.2) is 0 Å². The number of halogens is 1. The van der Waals surface area contributed by atoms with Crippen molar-refractivity contribution < 1.29 is 4.79 Å². The normalized spacial score (nSPS) is 10.7. The summed E-state index contributed by atoms with van der Waals surface area (Å²) in [7, 11) is 0. The lowest BCUT2D eigenvalue weighted by Gasteiger charge is -2.07. The number of fused-ring (bicyclic) bond motifs is 1. The molecular formula is C13H13IN2O. The molecule has 88 valence electrons. The molecule has 0 unspecified atom stereocenters. The average molecular weight is 340 g/mol. The molecule has 0 aliphatic rings. The van der Waals surface area contributed by atoms with Gasteiger partial charge in [-0.05, 0) is 65.8 Å². The van der Waals surface area contributed by atoms with Crippen molar-refractivity contribution in [1.82, 2.24) is 4.98 Å². The number of rotatable bonds is 3. The number of primary amides is 1. The van der Waals surface area contributed by atoms with E-state index in [-0.39, 0.29) is 5.91 Å². The van der Waals surface area contributed by atoms with Crippen LogP contribution in [0.3, 0.4) is 0 Å². The van der Waals surface area contributed by atoms with Gasteiger partial charge in [-0.1, -0.05) is 0 Å². The fraction of sp³-hybridized carbons (Fsp3) is 0.231. The van der Waals surface area contributed by atoms with Crippen molar-refractivity contribution in [3.05, 3.63) is 39.1 Å². The predicted octanol–water partition coefficient (Wildman–Crippen LogP) is 2.57. The number of benzene rings is 1. The Kier molecular flexibility index (Phi) is 3.61. The maximum absolute atomic E-state index is 10.9. The molecule has 3 nitrogen and oxygen atoms in total. The topological polar surface area (TPSA) is 56.0 Å². The van der Waals surface area contributed by atoms with E-state index >= 15 is 0 Å². The van der Waals surface area contributed by atoms with Crippen LogP contribution in [0.15, 0.2) is 24.3 Å². The van der Waals surface area contributed by atoms with Gasteiger partial charge in [-0.25, -0.2) is 0 Å². The van der Waals surface area contributed by atoms with Gasteiger partial charge in [0.25, 0.3) is 0 Å². The molecule has 0 saturated heterocycles. The third kappa shape index (κ3) is 2.94. The number of carbonyl (C=O) groups excluding carboxylic acids is 1. The zero-order chi connectivity index (χ0) is 12.4. The number of nitrogens with two attached hydrogens (primary N) is 1. The molecule has 0 aliphatic heterocycles. The molecule has 2 aromatic rings. The number of hydrogen-bond donors (Lipinski definition) is 1. The number of pyridine rings is 1. The fourth-order valence-corrected chi connectivity index (χ4v) is 2.37. The van der Waals surface area contributed by atoms with Gasteiger partial charge >= 0.3 is 0 Å². The Bertz CT molecular complexity index is 581. The molecule has 0 bridgehead atoms. The summed E-state index contributed by atoms with van der Waals surface area (Å²) in [6, 6.07) is 8.17. The second-order valence-electron chi connectivity index (χ2n) is 4.05. The van der Waals surface area contributed by atoms with Crippen LogP contribution in [0.4, 0.5) is 0 Å². The van der Waals surface area contributed by atoms with E-state index in [0.29, 0.717) is 12.8 Å². The van der Waals surface area contributed by atoms with Crippen LogP contribution >= 0.6 is 22.6 Å². The number of nitrogens with zero attached hydrogens (tertiary/aromatic N) is 1. The second kappa shape index (κ2) is 5.00. The molecule has 17 heavy (non-hydrogen) atoms. The first-order valence-electron chi connectivity index (χ1n) is 5.40. The molecule has 0 saturated carbocycles. The molecule has 0 spiro atoms. The third-order valence-electron chi connectivity index (χ3n) is 2.63. The monoisotopic (exact) mass is 340 g/mol. The van der Waals surface area contributed by atoms with Crippen LogP contribution in [0.1, 0.15) is 17.7 Å². The van der Waals surface area contributed by atoms with E-state index in [4.69, 9.17) is 5.73 Å². The van der Waals surface area contributed by atoms with Gasteiger partial charge in [-0.15, -0.1) is 0 Å². The van der Waals surface area contributed by atoms with Gasteiger partial charge < -0.3 is 5.73 Å². The van der Waals surface area contributed by atoms with Gasteiger partial charge in [0, 0.05) is 21.1 Å². The Balaban J connectivity index is 2.51. The predicted molar refractivity (Wildman–Crippen MR) is 76.7 cm³/mol. The Morgan fingerprint density at radius 3 is 2.88 bits per heavy atom. The highest BCUT2D eigenvalue weighted by molar-refractivity contribution is 14.1. The van der Waals surface area contributed by atoms with Gasteiger partial charge in [-0.3, -0.25) is 9.78 Å². The summed E-state index contributed by atoms with van der Waals surface area (Å²) in [6.45, 7) is 1.96. The molecule has 2 N–H and O–H groups in total. The van der Waals surface area contributed by atoms with E-state index in [1.165, 1.54) is 3.57 Å². The van der Waals surface area contributed by atoms with Gasteiger partial charge in [0.05, 0.1) is 5.52 Å². The highest BCUT2D eigenvalue weighted by atomic mass is 127. The van der Waals surface area contributed by atoms with Crippen molar-refractivity contribution in [3.63, 3.8) is 0 Å². The van der Waals surface area contributed by atoms with Crippen LogP contribution in [0.25, 0.3) is 10.9 Å². The highest BCUT2D eigenvalue weighted by Gasteiger charge is 2.06. The Morgan fingerprint density at radius 1 is 1.41 bits per heavy atom. The van der Waals surface area contributed by atoms with Crippen LogP contribution in [0, 0.1) is 10.5 Å². The first-order valence-corrected chi connectivity index (χ1v) is 6.48. The van der Waals surface area contributed by atoms with Crippen molar-refractivity contribution in [3.8, 4) is 0 Å². The quantitative estimate of drug-likeness (QED) is 0.873. The first-order chi connectivity index (χ1) is 8.06. The molecular weight excluding hydrogens is 327 g/mol. The molecule has 1 amide bonds. The molecule has 1 heterocycles. The van der Waals surface area contributed by atoms with Crippen LogP contribution in [-0.4, -0.2) is 10.9 Å². The molecule has 2 rings (SSSR count). The molecule has 0 radical (unpaired) electrons. The van der Waals surface area contributed by atoms with Crippen LogP contribution in [0.5, 0.6) is 0 Å².